The van der Waals surface area contributed by atoms with Gasteiger partial charge in [0, 0.05) is 6.04 Å². The summed E-state index contributed by atoms with van der Waals surface area (Å²) in [6, 6.07) is 4.93. The smallest absolute Gasteiger partial charge is 0.335 e. The molecule has 0 amide bonds. The first kappa shape index (κ1) is 12.3. The van der Waals surface area contributed by atoms with Crippen LogP contribution >= 0.6 is 11.8 Å². The molecule has 0 radical (unpaired) electrons. The average molecular weight is 278 g/mol. The van der Waals surface area contributed by atoms with E-state index in [9.17, 15) is 9.59 Å². The van der Waals surface area contributed by atoms with E-state index in [1.54, 1.807) is 16.7 Å². The van der Waals surface area contributed by atoms with Gasteiger partial charge in [-0.1, -0.05) is 0 Å². The van der Waals surface area contributed by atoms with Gasteiger partial charge in [-0.25, -0.2) is 9.59 Å². The minimum Gasteiger partial charge on any atom is -0.478 e. The maximum atomic E-state index is 12.1. The first-order valence-corrected chi connectivity index (χ1v) is 7.37. The molecular formula is C13H14N2O3S. The second-order valence-electron chi connectivity index (χ2n) is 4.68. The Kier molecular flexibility index (Phi) is 3.10. The number of H-pyrrole nitrogens is 1. The zero-order chi connectivity index (χ0) is 13.4. The highest BCUT2D eigenvalue weighted by Crippen LogP contribution is 2.28. The number of imidazole rings is 1. The number of nitrogens with zero attached hydrogens (tertiary/aromatic N) is 1. The summed E-state index contributed by atoms with van der Waals surface area (Å²) in [5, 5.41) is 9.05. The molecule has 1 aliphatic heterocycles. The van der Waals surface area contributed by atoms with Crippen molar-refractivity contribution in [3.63, 3.8) is 0 Å². The lowest BCUT2D eigenvalue weighted by atomic mass is 10.1. The number of hydrogen-bond acceptors (Lipinski definition) is 3. The number of carboxylic acids is 1. The Morgan fingerprint density at radius 1 is 1.37 bits per heavy atom. The maximum Gasteiger partial charge on any atom is 0.335 e. The molecule has 0 saturated carbocycles. The summed E-state index contributed by atoms with van der Waals surface area (Å²) in [6.45, 7) is 0. The molecule has 100 valence electrons. The largest absolute Gasteiger partial charge is 0.478 e. The molecule has 0 spiro atoms. The lowest BCUT2D eigenvalue weighted by Gasteiger charge is -2.22. The third-order valence-corrected chi connectivity index (χ3v) is 4.57. The molecule has 0 bridgehead atoms. The van der Waals surface area contributed by atoms with Gasteiger partial charge in [-0.3, -0.25) is 4.57 Å². The molecule has 0 aliphatic carbocycles. The molecular weight excluding hydrogens is 264 g/mol. The molecule has 6 heteroatoms. The lowest BCUT2D eigenvalue weighted by molar-refractivity contribution is 0.0697. The van der Waals surface area contributed by atoms with E-state index in [1.165, 1.54) is 6.07 Å². The minimum absolute atomic E-state index is 0.144. The first-order valence-electron chi connectivity index (χ1n) is 6.22. The van der Waals surface area contributed by atoms with Gasteiger partial charge in [-0.2, -0.15) is 11.8 Å². The molecule has 0 unspecified atom stereocenters. The van der Waals surface area contributed by atoms with Crippen LogP contribution in [-0.2, 0) is 0 Å². The van der Waals surface area contributed by atoms with Crippen molar-refractivity contribution < 1.29 is 9.90 Å². The van der Waals surface area contributed by atoms with E-state index in [0.29, 0.717) is 11.0 Å². The van der Waals surface area contributed by atoms with Gasteiger partial charge in [0.2, 0.25) is 0 Å². The number of carboxylic acid groups (broad SMARTS) is 1. The van der Waals surface area contributed by atoms with Crippen LogP contribution in [0.5, 0.6) is 0 Å². The summed E-state index contributed by atoms with van der Waals surface area (Å²) in [6.07, 6.45) is 1.91. The first-order chi connectivity index (χ1) is 9.16. The van der Waals surface area contributed by atoms with Crippen LogP contribution < -0.4 is 5.69 Å². The van der Waals surface area contributed by atoms with E-state index in [1.807, 2.05) is 11.8 Å². The number of hydrogen-bond donors (Lipinski definition) is 2. The van der Waals surface area contributed by atoms with Crippen LogP contribution in [0.3, 0.4) is 0 Å². The van der Waals surface area contributed by atoms with Crippen LogP contribution in [0.15, 0.2) is 23.0 Å². The van der Waals surface area contributed by atoms with Crippen LogP contribution in [0.2, 0.25) is 0 Å². The predicted molar refractivity (Wildman–Crippen MR) is 75.1 cm³/mol. The molecule has 2 N–H and O–H groups in total. The molecule has 1 saturated heterocycles. The minimum atomic E-state index is -0.971. The molecule has 19 heavy (non-hydrogen) atoms. The number of benzene rings is 1. The summed E-state index contributed by atoms with van der Waals surface area (Å²) in [7, 11) is 0. The van der Waals surface area contributed by atoms with Gasteiger partial charge in [0.15, 0.2) is 0 Å². The summed E-state index contributed by atoms with van der Waals surface area (Å²) in [5.74, 6) is 1.12. The number of fused-ring (bicyclic) bond motifs is 1. The fraction of sp³-hybridized carbons (Fsp3) is 0.385. The second kappa shape index (κ2) is 4.77. The van der Waals surface area contributed by atoms with Crippen LogP contribution in [0.4, 0.5) is 0 Å². The molecule has 1 aromatic heterocycles. The lowest BCUT2D eigenvalue weighted by Crippen LogP contribution is -2.25. The highest BCUT2D eigenvalue weighted by atomic mass is 32.2. The van der Waals surface area contributed by atoms with Crippen molar-refractivity contribution in [2.75, 3.05) is 11.5 Å². The van der Waals surface area contributed by atoms with Crippen LogP contribution in [0, 0.1) is 0 Å². The highest BCUT2D eigenvalue weighted by Gasteiger charge is 2.20. The van der Waals surface area contributed by atoms with Crippen molar-refractivity contribution >= 4 is 28.8 Å². The number of thioether (sulfide) groups is 1. The number of aromatic carboxylic acids is 1. The van der Waals surface area contributed by atoms with Crippen LogP contribution in [0.25, 0.3) is 11.0 Å². The summed E-state index contributed by atoms with van der Waals surface area (Å²) >= 11 is 1.90. The Bertz CT molecular complexity index is 683. The van der Waals surface area contributed by atoms with Crippen molar-refractivity contribution in [2.24, 2.45) is 0 Å². The highest BCUT2D eigenvalue weighted by molar-refractivity contribution is 7.99. The van der Waals surface area contributed by atoms with Crippen LogP contribution in [0.1, 0.15) is 29.2 Å². The second-order valence-corrected chi connectivity index (χ2v) is 5.91. The van der Waals surface area contributed by atoms with E-state index < -0.39 is 5.97 Å². The van der Waals surface area contributed by atoms with E-state index >= 15 is 0 Å². The number of rotatable bonds is 2. The summed E-state index contributed by atoms with van der Waals surface area (Å²) in [5.41, 5.74) is 1.47. The maximum absolute atomic E-state index is 12.1. The molecule has 0 atom stereocenters. The zero-order valence-electron chi connectivity index (χ0n) is 10.3. The molecule has 2 heterocycles. The number of aromatic nitrogens is 2. The third kappa shape index (κ3) is 2.16. The summed E-state index contributed by atoms with van der Waals surface area (Å²) in [4.78, 5) is 25.9. The van der Waals surface area contributed by atoms with Gasteiger partial charge >= 0.3 is 11.7 Å². The Hall–Kier alpha value is -1.69. The Labute approximate surface area is 113 Å². The number of aromatic amines is 1. The molecule has 1 fully saturated rings. The number of carbonyl (C=O) groups is 1. The topological polar surface area (TPSA) is 75.1 Å². The Morgan fingerprint density at radius 2 is 2.11 bits per heavy atom. The zero-order valence-corrected chi connectivity index (χ0v) is 11.1. The molecule has 3 rings (SSSR count). The van der Waals surface area contributed by atoms with E-state index in [2.05, 4.69) is 4.98 Å². The predicted octanol–water partition coefficient (Wildman–Crippen LogP) is 2.10. The van der Waals surface area contributed by atoms with Crippen molar-refractivity contribution in [1.82, 2.24) is 9.55 Å². The fourth-order valence-corrected chi connectivity index (χ4v) is 3.64. The third-order valence-electron chi connectivity index (χ3n) is 3.52. The molecule has 5 nitrogen and oxygen atoms in total. The van der Waals surface area contributed by atoms with Gasteiger partial charge in [0.25, 0.3) is 0 Å². The Morgan fingerprint density at radius 3 is 2.79 bits per heavy atom. The normalized spacial score (nSPS) is 16.8. The molecule has 1 aromatic carbocycles. The van der Waals surface area contributed by atoms with E-state index in [4.69, 9.17) is 5.11 Å². The molecule has 1 aliphatic rings. The van der Waals surface area contributed by atoms with E-state index in [0.717, 1.165) is 24.3 Å². The van der Waals surface area contributed by atoms with Gasteiger partial charge < -0.3 is 10.1 Å². The number of nitrogens with one attached hydrogen (secondary N) is 1. The monoisotopic (exact) mass is 278 g/mol. The van der Waals surface area contributed by atoms with Crippen LogP contribution in [-0.4, -0.2) is 32.1 Å². The van der Waals surface area contributed by atoms with Crippen molar-refractivity contribution in [3.05, 3.63) is 34.2 Å². The van der Waals surface area contributed by atoms with Crippen molar-refractivity contribution in [3.8, 4) is 0 Å². The Balaban J connectivity index is 2.16. The van der Waals surface area contributed by atoms with Crippen molar-refractivity contribution in [1.29, 1.82) is 0 Å². The standard InChI is InChI=1S/C13H14N2O3S/c16-12(17)8-1-2-10-11(7-8)15(13(18)14-10)9-3-5-19-6-4-9/h1-2,7,9H,3-6H2,(H,14,18)(H,16,17). The van der Waals surface area contributed by atoms with Gasteiger partial charge in [-0.05, 0) is 42.5 Å². The quantitative estimate of drug-likeness (QED) is 0.882. The summed E-state index contributed by atoms with van der Waals surface area (Å²) < 4.78 is 1.72. The van der Waals surface area contributed by atoms with Gasteiger partial charge in [0.1, 0.15) is 0 Å². The van der Waals surface area contributed by atoms with Gasteiger partial charge in [-0.15, -0.1) is 0 Å². The molecule has 2 aromatic rings. The SMILES string of the molecule is O=C(O)c1ccc2[nH]c(=O)n(C3CCSCC3)c2c1. The fourth-order valence-electron chi connectivity index (χ4n) is 2.56. The average Bonchev–Trinajstić information content (AvgIpc) is 2.74. The van der Waals surface area contributed by atoms with E-state index in [-0.39, 0.29) is 17.3 Å². The van der Waals surface area contributed by atoms with Gasteiger partial charge in [0.05, 0.1) is 16.6 Å². The van der Waals surface area contributed by atoms with Crippen molar-refractivity contribution in [2.45, 2.75) is 18.9 Å².